The van der Waals surface area contributed by atoms with Crippen LogP contribution in [0, 0.1) is 0 Å². The number of aryl methyl sites for hydroxylation is 1. The van der Waals surface area contributed by atoms with Gasteiger partial charge in [0.05, 0.1) is 11.9 Å². The third-order valence-corrected chi connectivity index (χ3v) is 2.00. The molecule has 0 bridgehead atoms. The fourth-order valence-corrected chi connectivity index (χ4v) is 1.16. The summed E-state index contributed by atoms with van der Waals surface area (Å²) < 4.78 is 1.69. The van der Waals surface area contributed by atoms with Crippen LogP contribution < -0.4 is 5.73 Å². The van der Waals surface area contributed by atoms with Gasteiger partial charge in [-0.1, -0.05) is 12.1 Å². The fraction of sp³-hybridized carbons (Fsp3) is 0.750. The van der Waals surface area contributed by atoms with Crippen molar-refractivity contribution in [2.45, 2.75) is 32.4 Å². The minimum Gasteiger partial charge on any atom is -0.382 e. The lowest BCUT2D eigenvalue weighted by Gasteiger charge is -2.21. The van der Waals surface area contributed by atoms with E-state index in [4.69, 9.17) is 5.73 Å². The SMILES string of the molecule is CCCn1nncc1C(C)(O)CN. The highest BCUT2D eigenvalue weighted by atomic mass is 16.3. The second-order valence-corrected chi connectivity index (χ2v) is 3.32. The molecule has 74 valence electrons. The Morgan fingerprint density at radius 3 is 2.92 bits per heavy atom. The number of nitrogens with two attached hydrogens (primary N) is 1. The molecule has 0 aliphatic heterocycles. The molecule has 0 saturated heterocycles. The quantitative estimate of drug-likeness (QED) is 0.682. The zero-order chi connectivity index (χ0) is 9.90. The van der Waals surface area contributed by atoms with E-state index in [0.29, 0.717) is 5.69 Å². The van der Waals surface area contributed by atoms with Gasteiger partial charge in [0.1, 0.15) is 5.60 Å². The van der Waals surface area contributed by atoms with Gasteiger partial charge in [0, 0.05) is 13.1 Å². The predicted octanol–water partition coefficient (Wildman–Crippen LogP) is -0.146. The lowest BCUT2D eigenvalue weighted by Crippen LogP contribution is -2.34. The molecule has 0 aliphatic carbocycles. The lowest BCUT2D eigenvalue weighted by atomic mass is 10.0. The summed E-state index contributed by atoms with van der Waals surface area (Å²) in [5.41, 5.74) is 5.09. The Hall–Kier alpha value is -0.940. The number of nitrogens with zero attached hydrogens (tertiary/aromatic N) is 3. The molecule has 5 heteroatoms. The van der Waals surface area contributed by atoms with Crippen molar-refractivity contribution >= 4 is 0 Å². The van der Waals surface area contributed by atoms with Crippen molar-refractivity contribution in [3.05, 3.63) is 11.9 Å². The summed E-state index contributed by atoms with van der Waals surface area (Å²) in [6, 6.07) is 0. The van der Waals surface area contributed by atoms with Crippen LogP contribution in [0.25, 0.3) is 0 Å². The van der Waals surface area contributed by atoms with Crippen molar-refractivity contribution in [3.63, 3.8) is 0 Å². The average Bonchev–Trinajstić information content (AvgIpc) is 2.54. The van der Waals surface area contributed by atoms with Crippen LogP contribution in [-0.2, 0) is 12.1 Å². The molecule has 1 unspecified atom stereocenters. The molecule has 13 heavy (non-hydrogen) atoms. The molecule has 1 aromatic heterocycles. The van der Waals surface area contributed by atoms with Gasteiger partial charge in [0.2, 0.25) is 0 Å². The van der Waals surface area contributed by atoms with Crippen LogP contribution in [0.2, 0.25) is 0 Å². The first kappa shape index (κ1) is 10.1. The summed E-state index contributed by atoms with van der Waals surface area (Å²) >= 11 is 0. The first-order valence-electron chi connectivity index (χ1n) is 4.43. The maximum atomic E-state index is 9.87. The molecule has 0 radical (unpaired) electrons. The maximum absolute atomic E-state index is 9.87. The number of hydrogen-bond acceptors (Lipinski definition) is 4. The lowest BCUT2D eigenvalue weighted by molar-refractivity contribution is 0.0568. The normalized spacial score (nSPS) is 15.7. The molecule has 1 atom stereocenters. The second-order valence-electron chi connectivity index (χ2n) is 3.32. The highest BCUT2D eigenvalue weighted by molar-refractivity contribution is 5.06. The van der Waals surface area contributed by atoms with Gasteiger partial charge in [-0.15, -0.1) is 5.10 Å². The number of aromatic nitrogens is 3. The summed E-state index contributed by atoms with van der Waals surface area (Å²) in [4.78, 5) is 0. The van der Waals surface area contributed by atoms with Crippen LogP contribution in [-0.4, -0.2) is 26.6 Å². The summed E-state index contributed by atoms with van der Waals surface area (Å²) in [6.45, 7) is 4.63. The standard InChI is InChI=1S/C8H16N4O/c1-3-4-12-7(5-10-11-12)8(2,13)6-9/h5,13H,3-4,6,9H2,1-2H3. The summed E-state index contributed by atoms with van der Waals surface area (Å²) in [5, 5.41) is 17.5. The Morgan fingerprint density at radius 1 is 1.69 bits per heavy atom. The highest BCUT2D eigenvalue weighted by Gasteiger charge is 2.25. The molecule has 0 aromatic carbocycles. The molecule has 0 fully saturated rings. The van der Waals surface area contributed by atoms with Crippen LogP contribution in [0.4, 0.5) is 0 Å². The monoisotopic (exact) mass is 184 g/mol. The smallest absolute Gasteiger partial charge is 0.117 e. The zero-order valence-electron chi connectivity index (χ0n) is 8.06. The van der Waals surface area contributed by atoms with E-state index in [9.17, 15) is 5.11 Å². The number of hydrogen-bond donors (Lipinski definition) is 2. The zero-order valence-corrected chi connectivity index (χ0v) is 8.06. The number of aliphatic hydroxyl groups is 1. The Morgan fingerprint density at radius 2 is 2.38 bits per heavy atom. The third-order valence-electron chi connectivity index (χ3n) is 2.00. The second kappa shape index (κ2) is 3.85. The molecule has 0 amide bonds. The van der Waals surface area contributed by atoms with E-state index >= 15 is 0 Å². The topological polar surface area (TPSA) is 77.0 Å². The average molecular weight is 184 g/mol. The molecule has 1 heterocycles. The van der Waals surface area contributed by atoms with Crippen LogP contribution in [0.15, 0.2) is 6.20 Å². The van der Waals surface area contributed by atoms with Crippen molar-refractivity contribution in [1.29, 1.82) is 0 Å². The van der Waals surface area contributed by atoms with Gasteiger partial charge in [-0.2, -0.15) is 0 Å². The third kappa shape index (κ3) is 2.05. The minimum absolute atomic E-state index is 0.171. The molecular weight excluding hydrogens is 168 g/mol. The molecule has 0 aliphatic rings. The summed E-state index contributed by atoms with van der Waals surface area (Å²) in [5.74, 6) is 0. The van der Waals surface area contributed by atoms with Crippen molar-refractivity contribution < 1.29 is 5.11 Å². The maximum Gasteiger partial charge on any atom is 0.117 e. The molecule has 5 nitrogen and oxygen atoms in total. The Kier molecular flexibility index (Phi) is 3.00. The fourth-order valence-electron chi connectivity index (χ4n) is 1.16. The largest absolute Gasteiger partial charge is 0.382 e. The van der Waals surface area contributed by atoms with Gasteiger partial charge in [-0.3, -0.25) is 0 Å². The van der Waals surface area contributed by atoms with Gasteiger partial charge in [-0.25, -0.2) is 4.68 Å². The Labute approximate surface area is 77.6 Å². The van der Waals surface area contributed by atoms with Gasteiger partial charge in [-0.05, 0) is 13.3 Å². The van der Waals surface area contributed by atoms with E-state index in [1.54, 1.807) is 17.8 Å². The van der Waals surface area contributed by atoms with Gasteiger partial charge in [0.25, 0.3) is 0 Å². The first-order chi connectivity index (χ1) is 6.11. The van der Waals surface area contributed by atoms with Crippen molar-refractivity contribution in [1.82, 2.24) is 15.0 Å². The van der Waals surface area contributed by atoms with Crippen molar-refractivity contribution in [2.75, 3.05) is 6.54 Å². The summed E-state index contributed by atoms with van der Waals surface area (Å²) in [6.07, 6.45) is 2.51. The van der Waals surface area contributed by atoms with Gasteiger partial charge in [0.15, 0.2) is 0 Å². The minimum atomic E-state index is -1.03. The molecule has 3 N–H and O–H groups in total. The number of rotatable bonds is 4. The highest BCUT2D eigenvalue weighted by Crippen LogP contribution is 2.17. The Bertz CT molecular complexity index is 269. The molecule has 0 spiro atoms. The van der Waals surface area contributed by atoms with E-state index in [-0.39, 0.29) is 6.54 Å². The van der Waals surface area contributed by atoms with E-state index in [0.717, 1.165) is 13.0 Å². The van der Waals surface area contributed by atoms with E-state index in [1.165, 1.54) is 0 Å². The predicted molar refractivity (Wildman–Crippen MR) is 48.9 cm³/mol. The Balaban J connectivity index is 2.93. The summed E-state index contributed by atoms with van der Waals surface area (Å²) in [7, 11) is 0. The molecule has 0 saturated carbocycles. The van der Waals surface area contributed by atoms with Crippen LogP contribution in [0.1, 0.15) is 26.0 Å². The van der Waals surface area contributed by atoms with E-state index < -0.39 is 5.60 Å². The first-order valence-corrected chi connectivity index (χ1v) is 4.43. The van der Waals surface area contributed by atoms with Gasteiger partial charge < -0.3 is 10.8 Å². The molecule has 1 rings (SSSR count). The van der Waals surface area contributed by atoms with E-state index in [2.05, 4.69) is 10.3 Å². The molecular formula is C8H16N4O. The van der Waals surface area contributed by atoms with Gasteiger partial charge >= 0.3 is 0 Å². The van der Waals surface area contributed by atoms with E-state index in [1.807, 2.05) is 6.92 Å². The van der Waals surface area contributed by atoms with Crippen LogP contribution in [0.3, 0.4) is 0 Å². The molecule has 1 aromatic rings. The van der Waals surface area contributed by atoms with Crippen LogP contribution in [0.5, 0.6) is 0 Å². The van der Waals surface area contributed by atoms with Crippen molar-refractivity contribution in [3.8, 4) is 0 Å². The van der Waals surface area contributed by atoms with Crippen molar-refractivity contribution in [2.24, 2.45) is 5.73 Å². The van der Waals surface area contributed by atoms with Crippen LogP contribution >= 0.6 is 0 Å².